The Morgan fingerprint density at radius 3 is 2.82 bits per heavy atom. The molecule has 96 valence electrons. The molecule has 2 unspecified atom stereocenters. The number of halogens is 4. The molecule has 6 heteroatoms. The van der Waals surface area contributed by atoms with E-state index in [1.54, 1.807) is 18.0 Å². The lowest BCUT2D eigenvalue weighted by Crippen LogP contribution is -2.43. The molecular weight excluding hydrogens is 299 g/mol. The first-order valence-corrected chi connectivity index (χ1v) is 6.22. The van der Waals surface area contributed by atoms with Gasteiger partial charge in [0.05, 0.1) is 12.1 Å². The van der Waals surface area contributed by atoms with E-state index in [1.807, 2.05) is 6.08 Å². The summed E-state index contributed by atoms with van der Waals surface area (Å²) >= 11 is 3.33. The third-order valence-corrected chi connectivity index (χ3v) is 4.14. The van der Waals surface area contributed by atoms with Crippen molar-refractivity contribution in [2.75, 3.05) is 7.05 Å². The highest BCUT2D eigenvalue weighted by molar-refractivity contribution is 9.09. The Hall–Kier alpha value is -0.490. The van der Waals surface area contributed by atoms with Crippen LogP contribution >= 0.6 is 15.9 Å². The number of aliphatic hydroxyl groups is 1. The van der Waals surface area contributed by atoms with Crippen LogP contribution in [0.2, 0.25) is 0 Å². The van der Waals surface area contributed by atoms with Gasteiger partial charge in [-0.2, -0.15) is 13.2 Å². The second-order valence-corrected chi connectivity index (χ2v) is 5.48. The number of nitrogens with zero attached hydrogens (tertiary/aromatic N) is 1. The predicted molar refractivity (Wildman–Crippen MR) is 61.5 cm³/mol. The molecule has 17 heavy (non-hydrogen) atoms. The number of alkyl halides is 4. The van der Waals surface area contributed by atoms with Crippen molar-refractivity contribution in [3.05, 3.63) is 23.4 Å². The fraction of sp³-hybridized carbons (Fsp3) is 0.636. The first-order chi connectivity index (χ1) is 7.73. The molecule has 1 N–H and O–H groups in total. The van der Waals surface area contributed by atoms with Crippen molar-refractivity contribution in [3.8, 4) is 0 Å². The van der Waals surface area contributed by atoms with Crippen LogP contribution in [0.25, 0.3) is 0 Å². The van der Waals surface area contributed by atoms with Gasteiger partial charge < -0.3 is 10.0 Å². The van der Waals surface area contributed by atoms with E-state index in [9.17, 15) is 18.3 Å². The summed E-state index contributed by atoms with van der Waals surface area (Å²) in [6.45, 7) is 0. The van der Waals surface area contributed by atoms with Crippen LogP contribution in [0.5, 0.6) is 0 Å². The van der Waals surface area contributed by atoms with E-state index in [-0.39, 0.29) is 11.4 Å². The van der Waals surface area contributed by atoms with Gasteiger partial charge in [-0.05, 0) is 18.4 Å². The van der Waals surface area contributed by atoms with Crippen molar-refractivity contribution in [1.29, 1.82) is 0 Å². The molecule has 0 aromatic carbocycles. The van der Waals surface area contributed by atoms with Crippen LogP contribution in [0.4, 0.5) is 13.2 Å². The van der Waals surface area contributed by atoms with E-state index in [0.29, 0.717) is 12.1 Å². The Balaban J connectivity index is 2.33. The first kappa shape index (κ1) is 13.0. The Labute approximate surface area is 106 Å². The minimum absolute atomic E-state index is 0.131. The molecule has 0 spiro atoms. The average molecular weight is 312 g/mol. The number of rotatable bonds is 1. The Morgan fingerprint density at radius 2 is 2.24 bits per heavy atom. The van der Waals surface area contributed by atoms with Crippen molar-refractivity contribution in [2.45, 2.75) is 36.0 Å². The zero-order valence-corrected chi connectivity index (χ0v) is 10.8. The molecule has 2 nitrogen and oxygen atoms in total. The summed E-state index contributed by atoms with van der Waals surface area (Å²) < 4.78 is 37.5. The van der Waals surface area contributed by atoms with Gasteiger partial charge in [0.15, 0.2) is 0 Å². The van der Waals surface area contributed by atoms with E-state index in [0.717, 1.165) is 5.57 Å². The first-order valence-electron chi connectivity index (χ1n) is 5.31. The molecule has 0 saturated carbocycles. The summed E-state index contributed by atoms with van der Waals surface area (Å²) in [6.07, 6.45) is -1.27. The van der Waals surface area contributed by atoms with Crippen molar-refractivity contribution < 1.29 is 18.3 Å². The van der Waals surface area contributed by atoms with Crippen molar-refractivity contribution in [2.24, 2.45) is 0 Å². The van der Waals surface area contributed by atoms with Gasteiger partial charge in [0, 0.05) is 7.05 Å². The van der Waals surface area contributed by atoms with E-state index >= 15 is 0 Å². The molecule has 2 aliphatic rings. The second kappa shape index (κ2) is 4.02. The predicted octanol–water partition coefficient (Wildman–Crippen LogP) is 2.94. The van der Waals surface area contributed by atoms with E-state index < -0.39 is 18.2 Å². The van der Waals surface area contributed by atoms with Gasteiger partial charge in [0.2, 0.25) is 0 Å². The smallest absolute Gasteiger partial charge is 0.383 e. The molecule has 0 amide bonds. The van der Waals surface area contributed by atoms with Gasteiger partial charge in [-0.3, -0.25) is 0 Å². The molecular formula is C11H13BrF3NO. The highest BCUT2D eigenvalue weighted by atomic mass is 79.9. The largest absolute Gasteiger partial charge is 0.392 e. The summed E-state index contributed by atoms with van der Waals surface area (Å²) in [7, 11) is 1.69. The second-order valence-electron chi connectivity index (χ2n) is 4.54. The maximum absolute atomic E-state index is 12.5. The normalized spacial score (nSPS) is 33.3. The molecule has 1 aliphatic heterocycles. The van der Waals surface area contributed by atoms with Crippen LogP contribution in [0, 0.1) is 0 Å². The summed E-state index contributed by atoms with van der Waals surface area (Å²) in [6, 6.07) is 0. The van der Waals surface area contributed by atoms with Crippen LogP contribution < -0.4 is 0 Å². The summed E-state index contributed by atoms with van der Waals surface area (Å²) in [4.78, 5) is 1.49. The average Bonchev–Trinajstić information content (AvgIpc) is 2.47. The zero-order chi connectivity index (χ0) is 12.8. The number of allylic oxidation sites excluding steroid dienone is 2. The van der Waals surface area contributed by atoms with Gasteiger partial charge in [-0.25, -0.2) is 0 Å². The van der Waals surface area contributed by atoms with Crippen molar-refractivity contribution in [3.63, 3.8) is 0 Å². The molecule has 0 radical (unpaired) electrons. The molecule has 0 aromatic heterocycles. The SMILES string of the molecule is CN1C2=C(C=CC1Br)CCC2(O)CC(F)(F)F. The third-order valence-electron chi connectivity index (χ3n) is 3.22. The molecule has 0 bridgehead atoms. The minimum Gasteiger partial charge on any atom is -0.383 e. The zero-order valence-electron chi connectivity index (χ0n) is 9.26. The molecule has 2 atom stereocenters. The lowest BCUT2D eigenvalue weighted by molar-refractivity contribution is -0.171. The Morgan fingerprint density at radius 1 is 1.59 bits per heavy atom. The monoisotopic (exact) mass is 311 g/mol. The van der Waals surface area contributed by atoms with E-state index in [4.69, 9.17) is 0 Å². The van der Waals surface area contributed by atoms with Gasteiger partial charge in [0.1, 0.15) is 10.6 Å². The van der Waals surface area contributed by atoms with Crippen LogP contribution in [0.3, 0.4) is 0 Å². The number of likely N-dealkylation sites (N-methyl/N-ethyl adjacent to an activating group) is 1. The summed E-state index contributed by atoms with van der Waals surface area (Å²) in [5.41, 5.74) is -0.576. The minimum atomic E-state index is -4.36. The molecule has 2 rings (SSSR count). The maximum Gasteiger partial charge on any atom is 0.392 e. The molecule has 0 fully saturated rings. The fourth-order valence-electron chi connectivity index (χ4n) is 2.55. The molecule has 0 aromatic rings. The molecule has 1 aliphatic carbocycles. The van der Waals surface area contributed by atoms with Gasteiger partial charge in [-0.1, -0.05) is 28.1 Å². The third kappa shape index (κ3) is 2.38. The summed E-state index contributed by atoms with van der Waals surface area (Å²) in [5, 5.41) is 10.2. The van der Waals surface area contributed by atoms with Crippen molar-refractivity contribution in [1.82, 2.24) is 4.90 Å². The fourth-order valence-corrected chi connectivity index (χ4v) is 2.90. The van der Waals surface area contributed by atoms with E-state index in [1.165, 1.54) is 0 Å². The van der Waals surface area contributed by atoms with E-state index in [2.05, 4.69) is 15.9 Å². The van der Waals surface area contributed by atoms with Crippen LogP contribution in [-0.4, -0.2) is 33.8 Å². The standard InChI is InChI=1S/C11H13BrF3NO/c1-16-8(12)3-2-7-4-5-10(17,9(7)16)6-11(13,14)15/h2-3,8,17H,4-6H2,1H3. The summed E-state index contributed by atoms with van der Waals surface area (Å²) in [5.74, 6) is 0. The van der Waals surface area contributed by atoms with Crippen LogP contribution in [0.1, 0.15) is 19.3 Å². The lowest BCUT2D eigenvalue weighted by atomic mass is 9.94. The molecule has 1 heterocycles. The highest BCUT2D eigenvalue weighted by Crippen LogP contribution is 2.46. The quantitative estimate of drug-likeness (QED) is 0.594. The van der Waals surface area contributed by atoms with Crippen molar-refractivity contribution >= 4 is 15.9 Å². The van der Waals surface area contributed by atoms with Gasteiger partial charge in [-0.15, -0.1) is 0 Å². The number of hydrogen-bond donors (Lipinski definition) is 1. The number of hydrogen-bond acceptors (Lipinski definition) is 2. The highest BCUT2D eigenvalue weighted by Gasteiger charge is 2.49. The van der Waals surface area contributed by atoms with Gasteiger partial charge in [0.25, 0.3) is 0 Å². The molecule has 0 saturated heterocycles. The van der Waals surface area contributed by atoms with Crippen LogP contribution in [-0.2, 0) is 0 Å². The topological polar surface area (TPSA) is 23.5 Å². The van der Waals surface area contributed by atoms with Gasteiger partial charge >= 0.3 is 6.18 Å². The lowest BCUT2D eigenvalue weighted by Gasteiger charge is -2.37. The Bertz CT molecular complexity index is 391. The Kier molecular flexibility index (Phi) is 3.06. The maximum atomic E-state index is 12.5. The van der Waals surface area contributed by atoms with Crippen LogP contribution in [0.15, 0.2) is 23.4 Å².